The molecule has 1 aromatic carbocycles. The Hall–Kier alpha value is -5.26. The third kappa shape index (κ3) is 17.7. The van der Waals surface area contributed by atoms with E-state index in [9.17, 15) is 19.5 Å². The van der Waals surface area contributed by atoms with Gasteiger partial charge in [0.1, 0.15) is 18.2 Å². The predicted molar refractivity (Wildman–Crippen MR) is 194 cm³/mol. The summed E-state index contributed by atoms with van der Waals surface area (Å²) in [4.78, 5) is 44.0. The molecule has 0 saturated heterocycles. The number of nitrogens with zero attached hydrogens (tertiary/aromatic N) is 6. The maximum atomic E-state index is 12.9. The fourth-order valence-corrected chi connectivity index (χ4v) is 4.88. The fraction of sp³-hybridized carbons (Fsp3) is 0.514. The topological polar surface area (TPSA) is 233 Å². The highest BCUT2D eigenvalue weighted by atomic mass is 16.6. The van der Waals surface area contributed by atoms with E-state index in [1.165, 1.54) is 0 Å². The minimum Gasteiger partial charge on any atom is -0.491 e. The maximum Gasteiger partial charge on any atom is 0.305 e. The number of carbonyl (C=O) groups is 3. The minimum atomic E-state index is -1.11. The number of aliphatic carboxylic acids is 1. The number of ether oxygens (including phenoxy) is 5. The van der Waals surface area contributed by atoms with Crippen molar-refractivity contribution in [3.8, 4) is 17.0 Å². The van der Waals surface area contributed by atoms with Crippen molar-refractivity contribution < 1.29 is 43.2 Å². The number of anilines is 1. The summed E-state index contributed by atoms with van der Waals surface area (Å²) in [6, 6.07) is 9.97. The van der Waals surface area contributed by atoms with E-state index >= 15 is 0 Å². The second kappa shape index (κ2) is 24.8. The Morgan fingerprint density at radius 1 is 0.925 bits per heavy atom. The van der Waals surface area contributed by atoms with E-state index in [4.69, 9.17) is 29.2 Å². The Labute approximate surface area is 308 Å². The highest BCUT2D eigenvalue weighted by Crippen LogP contribution is 2.30. The lowest BCUT2D eigenvalue weighted by molar-refractivity contribution is -0.138. The largest absolute Gasteiger partial charge is 0.491 e. The molecule has 1 atom stereocenters. The van der Waals surface area contributed by atoms with Crippen molar-refractivity contribution in [1.29, 1.82) is 0 Å². The first-order chi connectivity index (χ1) is 25.7. The van der Waals surface area contributed by atoms with Crippen LogP contribution in [0, 0.1) is 6.92 Å². The lowest BCUT2D eigenvalue weighted by atomic mass is 9.99. The smallest absolute Gasteiger partial charge is 0.305 e. The van der Waals surface area contributed by atoms with Crippen LogP contribution in [0.15, 0.2) is 53.9 Å². The highest BCUT2D eigenvalue weighted by molar-refractivity contribution is 5.85. The first kappa shape index (κ1) is 42.2. The summed E-state index contributed by atoms with van der Waals surface area (Å²) in [7, 11) is 1.78. The monoisotopic (exact) mass is 739 g/mol. The Morgan fingerprint density at radius 2 is 1.62 bits per heavy atom. The molecule has 288 valence electrons. The zero-order chi connectivity index (χ0) is 38.1. The number of nitrogens with one attached hydrogen (secondary N) is 3. The third-order valence-electron chi connectivity index (χ3n) is 7.42. The number of hydrogen-bond donors (Lipinski definition) is 4. The van der Waals surface area contributed by atoms with Gasteiger partial charge in [-0.25, -0.2) is 4.98 Å². The molecule has 3 rings (SSSR count). The predicted octanol–water partition coefficient (Wildman–Crippen LogP) is 3.19. The number of aryl methyl sites for hydroxylation is 2. The number of carboxylic acids is 1. The molecule has 0 radical (unpaired) electrons. The molecule has 2 heterocycles. The van der Waals surface area contributed by atoms with Gasteiger partial charge in [0, 0.05) is 49.4 Å². The summed E-state index contributed by atoms with van der Waals surface area (Å²) in [6.07, 6.45) is 3.68. The molecule has 0 fully saturated rings. The highest BCUT2D eigenvalue weighted by Gasteiger charge is 2.21. The van der Waals surface area contributed by atoms with Crippen molar-refractivity contribution >= 4 is 23.6 Å². The number of aromatic nitrogens is 3. The van der Waals surface area contributed by atoms with Crippen molar-refractivity contribution in [2.45, 2.75) is 32.2 Å². The average molecular weight is 740 g/mol. The number of hydrogen-bond acceptors (Lipinski definition) is 12. The molecule has 0 bridgehead atoms. The summed E-state index contributed by atoms with van der Waals surface area (Å²) in [5.41, 5.74) is 11.3. The molecule has 3 aromatic rings. The number of rotatable bonds is 28. The van der Waals surface area contributed by atoms with Gasteiger partial charge in [0.05, 0.1) is 77.6 Å². The van der Waals surface area contributed by atoms with E-state index in [1.54, 1.807) is 42.3 Å². The lowest BCUT2D eigenvalue weighted by Crippen LogP contribution is -2.39. The van der Waals surface area contributed by atoms with Crippen LogP contribution in [0.5, 0.6) is 5.75 Å². The molecule has 2 aromatic heterocycles. The van der Waals surface area contributed by atoms with Crippen LogP contribution in [0.3, 0.4) is 0 Å². The molecule has 0 aliphatic carbocycles. The lowest BCUT2D eigenvalue weighted by Gasteiger charge is -2.20. The average Bonchev–Trinajstić information content (AvgIpc) is 3.57. The number of pyridine rings is 1. The normalized spacial score (nSPS) is 11.4. The van der Waals surface area contributed by atoms with Crippen LogP contribution in [0.2, 0.25) is 0 Å². The van der Waals surface area contributed by atoms with Crippen molar-refractivity contribution in [2.24, 2.45) is 12.2 Å². The molecule has 0 saturated carbocycles. The number of benzene rings is 1. The molecule has 0 aliphatic rings. The molecule has 2 amide bonds. The molecular formula is C35H49N9O9. The molecule has 0 aliphatic heterocycles. The zero-order valence-electron chi connectivity index (χ0n) is 30.2. The second-order valence-corrected chi connectivity index (χ2v) is 11.6. The first-order valence-corrected chi connectivity index (χ1v) is 17.3. The van der Waals surface area contributed by atoms with Crippen LogP contribution in [-0.4, -0.2) is 117 Å². The number of amides is 2. The zero-order valence-corrected chi connectivity index (χ0v) is 30.2. The number of azide groups is 1. The van der Waals surface area contributed by atoms with Gasteiger partial charge in [-0.05, 0) is 66.4 Å². The summed E-state index contributed by atoms with van der Waals surface area (Å²) < 4.78 is 29.4. The second-order valence-electron chi connectivity index (χ2n) is 11.6. The van der Waals surface area contributed by atoms with Crippen LogP contribution < -0.4 is 20.7 Å². The van der Waals surface area contributed by atoms with Crippen LogP contribution in [-0.2, 0) is 40.4 Å². The van der Waals surface area contributed by atoms with Gasteiger partial charge in [-0.1, -0.05) is 5.11 Å². The molecule has 1 unspecified atom stereocenters. The first-order valence-electron chi connectivity index (χ1n) is 17.3. The van der Waals surface area contributed by atoms with E-state index in [1.807, 2.05) is 25.1 Å². The number of carboxylic acid groups (broad SMARTS) is 1. The summed E-state index contributed by atoms with van der Waals surface area (Å²) >= 11 is 0. The van der Waals surface area contributed by atoms with E-state index < -0.39 is 24.3 Å². The van der Waals surface area contributed by atoms with Crippen molar-refractivity contribution in [3.05, 3.63) is 70.4 Å². The Balaban J connectivity index is 1.45. The summed E-state index contributed by atoms with van der Waals surface area (Å²) in [6.45, 7) is 5.62. The number of carbonyl (C=O) groups excluding carboxylic acids is 2. The SMILES string of the molecule is Cc1ccnc(NCCCC(=O)NCC(=O)NC(CC(=O)O)c2cc(OCCOCCOCCOCCOCCN=[N+]=[N-])cc(-c3ccnn3C)c2)c1. The van der Waals surface area contributed by atoms with Crippen LogP contribution >= 0.6 is 0 Å². The van der Waals surface area contributed by atoms with E-state index in [2.05, 4.69) is 36.1 Å². The van der Waals surface area contributed by atoms with Gasteiger partial charge in [0.15, 0.2) is 0 Å². The molecule has 0 spiro atoms. The quantitative estimate of drug-likeness (QED) is 0.0364. The molecule has 18 nitrogen and oxygen atoms in total. The third-order valence-corrected chi connectivity index (χ3v) is 7.42. The Bertz CT molecular complexity index is 1620. The Kier molecular flexibility index (Phi) is 19.8. The van der Waals surface area contributed by atoms with Gasteiger partial charge in [0.25, 0.3) is 0 Å². The summed E-state index contributed by atoms with van der Waals surface area (Å²) in [5.74, 6) is -0.771. The van der Waals surface area contributed by atoms with Gasteiger partial charge in [-0.15, -0.1) is 0 Å². The van der Waals surface area contributed by atoms with E-state index in [0.29, 0.717) is 76.1 Å². The fourth-order valence-electron chi connectivity index (χ4n) is 4.88. The van der Waals surface area contributed by atoms with Crippen LogP contribution in [0.25, 0.3) is 21.7 Å². The minimum absolute atomic E-state index is 0.198. The van der Waals surface area contributed by atoms with Gasteiger partial charge in [0.2, 0.25) is 11.8 Å². The van der Waals surface area contributed by atoms with Crippen molar-refractivity contribution in [2.75, 3.05) is 84.4 Å². The van der Waals surface area contributed by atoms with Gasteiger partial charge < -0.3 is 44.7 Å². The van der Waals surface area contributed by atoms with Crippen molar-refractivity contribution in [1.82, 2.24) is 25.4 Å². The molecule has 18 heteroatoms. The van der Waals surface area contributed by atoms with Gasteiger partial charge >= 0.3 is 5.97 Å². The van der Waals surface area contributed by atoms with E-state index in [-0.39, 0.29) is 38.6 Å². The molecule has 53 heavy (non-hydrogen) atoms. The van der Waals surface area contributed by atoms with Crippen molar-refractivity contribution in [3.63, 3.8) is 0 Å². The molecule has 4 N–H and O–H groups in total. The van der Waals surface area contributed by atoms with Gasteiger partial charge in [-0.2, -0.15) is 5.10 Å². The summed E-state index contributed by atoms with van der Waals surface area (Å²) in [5, 5.41) is 25.8. The van der Waals surface area contributed by atoms with Crippen LogP contribution in [0.4, 0.5) is 5.82 Å². The molecular weight excluding hydrogens is 690 g/mol. The maximum absolute atomic E-state index is 12.9. The Morgan fingerprint density at radius 3 is 2.26 bits per heavy atom. The van der Waals surface area contributed by atoms with Crippen LogP contribution in [0.1, 0.15) is 36.4 Å². The van der Waals surface area contributed by atoms with E-state index in [0.717, 1.165) is 17.1 Å². The van der Waals surface area contributed by atoms with Gasteiger partial charge in [-0.3, -0.25) is 19.1 Å². The standard InChI is InChI=1S/C35H49N9O9/c1-26-5-8-38-32(20-26)37-7-3-4-33(45)39-25-34(46)42-30(24-35(47)48)27-21-28(31-6-9-41-44(31)2)23-29(22-27)53-19-18-52-17-16-51-15-14-50-13-12-49-11-10-40-43-36/h5-6,8-9,20-23,30H,3-4,7,10-19,24-25H2,1-2H3,(H,37,38)(H,39,45)(H,42,46)(H,47,48).